The number of halogens is 2. The van der Waals surface area contributed by atoms with Crippen molar-refractivity contribution in [2.75, 3.05) is 0 Å². The average molecular weight is 216 g/mol. The van der Waals surface area contributed by atoms with Crippen LogP contribution in [0.3, 0.4) is 0 Å². The number of rotatable bonds is 4. The van der Waals surface area contributed by atoms with Crippen LogP contribution >= 0.6 is 0 Å². The van der Waals surface area contributed by atoms with E-state index >= 15 is 0 Å². The predicted octanol–water partition coefficient (Wildman–Crippen LogP) is 1.64. The highest BCUT2D eigenvalue weighted by molar-refractivity contribution is 5.19. The van der Waals surface area contributed by atoms with Crippen LogP contribution in [0.25, 0.3) is 0 Å². The van der Waals surface area contributed by atoms with Crippen LogP contribution in [-0.2, 0) is 6.42 Å². The molecule has 0 aliphatic carbocycles. The molecule has 0 radical (unpaired) electrons. The van der Waals surface area contributed by atoms with Crippen molar-refractivity contribution < 1.29 is 19.0 Å². The van der Waals surface area contributed by atoms with Crippen molar-refractivity contribution in [1.29, 1.82) is 0 Å². The van der Waals surface area contributed by atoms with E-state index in [0.29, 0.717) is 6.42 Å². The van der Waals surface area contributed by atoms with Crippen LogP contribution in [0.15, 0.2) is 18.2 Å². The van der Waals surface area contributed by atoms with Gasteiger partial charge in [-0.2, -0.15) is 0 Å². The number of hydrogen-bond donors (Lipinski definition) is 2. The van der Waals surface area contributed by atoms with Gasteiger partial charge in [-0.3, -0.25) is 0 Å². The maximum atomic E-state index is 13.1. The van der Waals surface area contributed by atoms with Crippen molar-refractivity contribution in [2.24, 2.45) is 0 Å². The van der Waals surface area contributed by atoms with Crippen LogP contribution in [0.4, 0.5) is 8.78 Å². The van der Waals surface area contributed by atoms with Crippen molar-refractivity contribution in [3.05, 3.63) is 35.4 Å². The molecule has 1 aromatic rings. The van der Waals surface area contributed by atoms with Crippen LogP contribution in [0.5, 0.6) is 0 Å². The molecule has 1 aromatic carbocycles. The zero-order chi connectivity index (χ0) is 11.4. The summed E-state index contributed by atoms with van der Waals surface area (Å²) in [5.74, 6) is -1.12. The van der Waals surface area contributed by atoms with Gasteiger partial charge < -0.3 is 10.2 Å². The lowest BCUT2D eigenvalue weighted by atomic mass is 10.0. The predicted molar refractivity (Wildman–Crippen MR) is 52.4 cm³/mol. The Morgan fingerprint density at radius 1 is 1.20 bits per heavy atom. The number of aliphatic hydroxyl groups is 2. The van der Waals surface area contributed by atoms with Crippen molar-refractivity contribution in [2.45, 2.75) is 32.0 Å². The molecule has 0 saturated carbocycles. The van der Waals surface area contributed by atoms with Crippen molar-refractivity contribution >= 4 is 0 Å². The smallest absolute Gasteiger partial charge is 0.126 e. The second-order valence-electron chi connectivity index (χ2n) is 3.48. The summed E-state index contributed by atoms with van der Waals surface area (Å²) in [7, 11) is 0. The Hall–Kier alpha value is -1.00. The summed E-state index contributed by atoms with van der Waals surface area (Å²) in [6, 6.07) is 3.05. The van der Waals surface area contributed by atoms with E-state index in [4.69, 9.17) is 0 Å². The van der Waals surface area contributed by atoms with E-state index in [0.717, 1.165) is 18.2 Å². The molecule has 0 saturated heterocycles. The standard InChI is InChI=1S/C11H14F2O2/c1-2-10(14)11(15)6-7-5-8(12)3-4-9(7)13/h3-5,10-11,14-15H,2,6H2,1H3. The summed E-state index contributed by atoms with van der Waals surface area (Å²) >= 11 is 0. The fourth-order valence-corrected chi connectivity index (χ4v) is 1.33. The molecule has 2 N–H and O–H groups in total. The van der Waals surface area contributed by atoms with E-state index < -0.39 is 23.8 Å². The minimum absolute atomic E-state index is 0.0787. The minimum Gasteiger partial charge on any atom is -0.390 e. The lowest BCUT2D eigenvalue weighted by Gasteiger charge is -2.16. The Morgan fingerprint density at radius 3 is 2.47 bits per heavy atom. The highest BCUT2D eigenvalue weighted by atomic mass is 19.1. The molecule has 2 nitrogen and oxygen atoms in total. The summed E-state index contributed by atoms with van der Waals surface area (Å²) in [5.41, 5.74) is 0.0787. The first kappa shape index (κ1) is 12.1. The number of benzene rings is 1. The second kappa shape index (κ2) is 5.19. The Bertz CT molecular complexity index is 328. The van der Waals surface area contributed by atoms with Crippen LogP contribution in [-0.4, -0.2) is 22.4 Å². The van der Waals surface area contributed by atoms with Gasteiger partial charge in [-0.15, -0.1) is 0 Å². The lowest BCUT2D eigenvalue weighted by molar-refractivity contribution is 0.0177. The fraction of sp³-hybridized carbons (Fsp3) is 0.455. The van der Waals surface area contributed by atoms with Crippen molar-refractivity contribution in [3.63, 3.8) is 0 Å². The molecule has 2 atom stereocenters. The second-order valence-corrected chi connectivity index (χ2v) is 3.48. The SMILES string of the molecule is CCC(O)C(O)Cc1cc(F)ccc1F. The van der Waals surface area contributed by atoms with E-state index in [-0.39, 0.29) is 12.0 Å². The van der Waals surface area contributed by atoms with Gasteiger partial charge in [-0.1, -0.05) is 6.92 Å². The molecular formula is C11H14F2O2. The molecule has 0 spiro atoms. The summed E-state index contributed by atoms with van der Waals surface area (Å²) in [5, 5.41) is 18.7. The third-order valence-electron chi connectivity index (χ3n) is 2.30. The molecule has 0 amide bonds. The third kappa shape index (κ3) is 3.25. The highest BCUT2D eigenvalue weighted by Gasteiger charge is 2.16. The van der Waals surface area contributed by atoms with Gasteiger partial charge in [-0.25, -0.2) is 8.78 Å². The highest BCUT2D eigenvalue weighted by Crippen LogP contribution is 2.14. The Morgan fingerprint density at radius 2 is 1.87 bits per heavy atom. The topological polar surface area (TPSA) is 40.5 Å². The quantitative estimate of drug-likeness (QED) is 0.803. The molecule has 0 bridgehead atoms. The molecular weight excluding hydrogens is 202 g/mol. The van der Waals surface area contributed by atoms with Gasteiger partial charge in [0.1, 0.15) is 11.6 Å². The van der Waals surface area contributed by atoms with Gasteiger partial charge in [0.25, 0.3) is 0 Å². The summed E-state index contributed by atoms with van der Waals surface area (Å²) < 4.78 is 25.9. The molecule has 0 heterocycles. The summed E-state index contributed by atoms with van der Waals surface area (Å²) in [6.45, 7) is 1.70. The normalized spacial score (nSPS) is 15.0. The lowest BCUT2D eigenvalue weighted by Crippen LogP contribution is -2.27. The monoisotopic (exact) mass is 216 g/mol. The first-order valence-corrected chi connectivity index (χ1v) is 4.84. The van der Waals surface area contributed by atoms with Gasteiger partial charge in [0.15, 0.2) is 0 Å². The van der Waals surface area contributed by atoms with Crippen LogP contribution in [0.1, 0.15) is 18.9 Å². The molecule has 84 valence electrons. The largest absolute Gasteiger partial charge is 0.390 e. The van der Waals surface area contributed by atoms with Gasteiger partial charge in [0.2, 0.25) is 0 Å². The van der Waals surface area contributed by atoms with E-state index in [1.165, 1.54) is 0 Å². The zero-order valence-electron chi connectivity index (χ0n) is 8.45. The molecule has 0 aliphatic rings. The Kier molecular flexibility index (Phi) is 4.17. The number of aliphatic hydroxyl groups excluding tert-OH is 2. The summed E-state index contributed by atoms with van der Waals surface area (Å²) in [4.78, 5) is 0. The van der Waals surface area contributed by atoms with E-state index in [1.807, 2.05) is 0 Å². The van der Waals surface area contributed by atoms with Crippen LogP contribution < -0.4 is 0 Å². The van der Waals surface area contributed by atoms with E-state index in [2.05, 4.69) is 0 Å². The van der Waals surface area contributed by atoms with Crippen molar-refractivity contribution in [1.82, 2.24) is 0 Å². The first-order chi connectivity index (χ1) is 7.04. The molecule has 0 aromatic heterocycles. The van der Waals surface area contributed by atoms with Crippen LogP contribution in [0, 0.1) is 11.6 Å². The Balaban J connectivity index is 2.75. The molecule has 0 fully saturated rings. The van der Waals surface area contributed by atoms with Crippen LogP contribution in [0.2, 0.25) is 0 Å². The molecule has 1 rings (SSSR count). The van der Waals surface area contributed by atoms with E-state index in [1.54, 1.807) is 6.92 Å². The van der Waals surface area contributed by atoms with Gasteiger partial charge in [-0.05, 0) is 30.2 Å². The van der Waals surface area contributed by atoms with Crippen molar-refractivity contribution in [3.8, 4) is 0 Å². The average Bonchev–Trinajstić information content (AvgIpc) is 2.22. The number of hydrogen-bond acceptors (Lipinski definition) is 2. The molecule has 0 aliphatic heterocycles. The molecule has 2 unspecified atom stereocenters. The zero-order valence-corrected chi connectivity index (χ0v) is 8.45. The van der Waals surface area contributed by atoms with Gasteiger partial charge >= 0.3 is 0 Å². The molecule has 15 heavy (non-hydrogen) atoms. The first-order valence-electron chi connectivity index (χ1n) is 4.84. The fourth-order valence-electron chi connectivity index (χ4n) is 1.33. The minimum atomic E-state index is -1.06. The maximum absolute atomic E-state index is 13.1. The maximum Gasteiger partial charge on any atom is 0.126 e. The van der Waals surface area contributed by atoms with Gasteiger partial charge in [0.05, 0.1) is 12.2 Å². The van der Waals surface area contributed by atoms with E-state index in [9.17, 15) is 19.0 Å². The summed E-state index contributed by atoms with van der Waals surface area (Å²) in [6.07, 6.45) is -1.68. The van der Waals surface area contributed by atoms with Gasteiger partial charge in [0, 0.05) is 6.42 Å². The Labute approximate surface area is 87.2 Å². The molecule has 4 heteroatoms. The third-order valence-corrected chi connectivity index (χ3v) is 2.30.